The van der Waals surface area contributed by atoms with E-state index in [1.807, 2.05) is 18.2 Å². The third-order valence-corrected chi connectivity index (χ3v) is 4.91. The Morgan fingerprint density at radius 1 is 1.18 bits per heavy atom. The van der Waals surface area contributed by atoms with Crippen molar-refractivity contribution in [3.8, 4) is 11.5 Å². The zero-order valence-corrected chi connectivity index (χ0v) is 15.4. The van der Waals surface area contributed by atoms with Gasteiger partial charge in [0, 0.05) is 17.8 Å². The average Bonchev–Trinajstić information content (AvgIpc) is 3.24. The third kappa shape index (κ3) is 3.95. The number of aliphatic imine (C=N–C) groups is 1. The molecule has 4 rings (SSSR count). The van der Waals surface area contributed by atoms with Crippen LogP contribution in [0.5, 0.6) is 0 Å². The molecule has 1 saturated carbocycles. The molecular weight excluding hydrogens is 356 g/mol. The first kappa shape index (κ1) is 18.0. The van der Waals surface area contributed by atoms with Crippen LogP contribution in [0.25, 0.3) is 11.5 Å². The molecule has 0 atom stereocenters. The van der Waals surface area contributed by atoms with E-state index < -0.39 is 0 Å². The van der Waals surface area contributed by atoms with E-state index in [0.717, 1.165) is 24.1 Å². The fourth-order valence-corrected chi connectivity index (χ4v) is 3.49. The van der Waals surface area contributed by atoms with Gasteiger partial charge < -0.3 is 20.6 Å². The van der Waals surface area contributed by atoms with Gasteiger partial charge in [-0.2, -0.15) is 4.98 Å². The van der Waals surface area contributed by atoms with Crippen LogP contribution in [0, 0.1) is 0 Å². The van der Waals surface area contributed by atoms with Crippen molar-refractivity contribution in [2.75, 3.05) is 5.32 Å². The van der Waals surface area contributed by atoms with E-state index in [1.165, 1.54) is 25.6 Å². The number of hydrogen-bond donors (Lipinski definition) is 3. The topological polar surface area (TPSA) is 122 Å². The quantitative estimate of drug-likeness (QED) is 0.463. The van der Waals surface area contributed by atoms with Crippen LogP contribution in [0.15, 0.2) is 57.2 Å². The average molecular weight is 378 g/mol. The molecule has 1 fully saturated rings. The van der Waals surface area contributed by atoms with Crippen LogP contribution in [0.3, 0.4) is 0 Å². The predicted octanol–water partition coefficient (Wildman–Crippen LogP) is 3.21. The molecule has 28 heavy (non-hydrogen) atoms. The standard InChI is InChI=1S/C20H22N6O2/c21-18(26-15-8-6-13(7-9-15)20-23-12-24-28-20)17-16(10-11-22-19(17)27)25-14-4-2-1-3-5-14/h6-12,14H,1-5H2,(H2,21,26)(H2,22,25,27). The van der Waals surface area contributed by atoms with Crippen LogP contribution in [0.2, 0.25) is 0 Å². The fraction of sp³-hybridized carbons (Fsp3) is 0.300. The Balaban J connectivity index is 1.60. The minimum Gasteiger partial charge on any atom is -0.383 e. The lowest BCUT2D eigenvalue weighted by atomic mass is 9.95. The molecular formula is C20H22N6O2. The summed E-state index contributed by atoms with van der Waals surface area (Å²) in [6.45, 7) is 0. The monoisotopic (exact) mass is 378 g/mol. The number of nitrogens with one attached hydrogen (secondary N) is 2. The second-order valence-corrected chi connectivity index (χ2v) is 6.87. The number of amidine groups is 1. The number of aromatic nitrogens is 3. The molecule has 0 spiro atoms. The summed E-state index contributed by atoms with van der Waals surface area (Å²) in [5, 5.41) is 7.07. The summed E-state index contributed by atoms with van der Waals surface area (Å²) in [6.07, 6.45) is 8.84. The normalized spacial score (nSPS) is 15.5. The first-order valence-electron chi connectivity index (χ1n) is 9.40. The van der Waals surface area contributed by atoms with Gasteiger partial charge in [-0.15, -0.1) is 0 Å². The molecule has 0 unspecified atom stereocenters. The highest BCUT2D eigenvalue weighted by molar-refractivity contribution is 6.03. The Hall–Kier alpha value is -3.42. The number of nitrogens with two attached hydrogens (primary N) is 1. The van der Waals surface area contributed by atoms with Gasteiger partial charge in [0.2, 0.25) is 0 Å². The van der Waals surface area contributed by atoms with Gasteiger partial charge in [0.1, 0.15) is 11.4 Å². The summed E-state index contributed by atoms with van der Waals surface area (Å²) >= 11 is 0. The number of benzene rings is 1. The maximum Gasteiger partial charge on any atom is 0.261 e. The number of rotatable bonds is 5. The van der Waals surface area contributed by atoms with Gasteiger partial charge in [-0.3, -0.25) is 4.79 Å². The van der Waals surface area contributed by atoms with E-state index in [1.54, 1.807) is 18.3 Å². The number of aromatic amines is 1. The van der Waals surface area contributed by atoms with E-state index in [0.29, 0.717) is 23.2 Å². The number of nitrogens with zero attached hydrogens (tertiary/aromatic N) is 3. The largest absolute Gasteiger partial charge is 0.383 e. The van der Waals surface area contributed by atoms with Gasteiger partial charge in [0.25, 0.3) is 11.4 Å². The molecule has 0 saturated heterocycles. The smallest absolute Gasteiger partial charge is 0.261 e. The van der Waals surface area contributed by atoms with Crippen molar-refractivity contribution in [1.82, 2.24) is 15.1 Å². The molecule has 8 nitrogen and oxygen atoms in total. The summed E-state index contributed by atoms with van der Waals surface area (Å²) in [7, 11) is 0. The molecule has 3 aromatic rings. The summed E-state index contributed by atoms with van der Waals surface area (Å²) in [5.41, 5.74) is 8.46. The number of pyridine rings is 1. The van der Waals surface area contributed by atoms with Crippen molar-refractivity contribution in [3.63, 3.8) is 0 Å². The van der Waals surface area contributed by atoms with E-state index in [-0.39, 0.29) is 11.4 Å². The van der Waals surface area contributed by atoms with Gasteiger partial charge in [-0.05, 0) is 43.2 Å². The van der Waals surface area contributed by atoms with Crippen molar-refractivity contribution in [2.45, 2.75) is 38.1 Å². The lowest BCUT2D eigenvalue weighted by Gasteiger charge is -2.24. The van der Waals surface area contributed by atoms with Crippen LogP contribution in [-0.2, 0) is 0 Å². The first-order valence-corrected chi connectivity index (χ1v) is 9.40. The molecule has 4 N–H and O–H groups in total. The highest BCUT2D eigenvalue weighted by Gasteiger charge is 2.17. The molecule has 2 heterocycles. The van der Waals surface area contributed by atoms with E-state index in [2.05, 4.69) is 25.4 Å². The number of anilines is 1. The van der Waals surface area contributed by atoms with Crippen molar-refractivity contribution in [2.24, 2.45) is 10.7 Å². The number of hydrogen-bond acceptors (Lipinski definition) is 6. The van der Waals surface area contributed by atoms with Crippen LogP contribution >= 0.6 is 0 Å². The van der Waals surface area contributed by atoms with Crippen molar-refractivity contribution < 1.29 is 4.52 Å². The number of H-pyrrole nitrogens is 1. The SMILES string of the molecule is NC(=Nc1ccc(-c2ncno2)cc1)c1c(NC2CCCCC2)cc[nH]c1=O. The highest BCUT2D eigenvalue weighted by Crippen LogP contribution is 2.24. The Labute approximate surface area is 161 Å². The second-order valence-electron chi connectivity index (χ2n) is 6.87. The summed E-state index contributed by atoms with van der Waals surface area (Å²) in [6, 6.07) is 9.41. The van der Waals surface area contributed by atoms with E-state index in [9.17, 15) is 4.79 Å². The highest BCUT2D eigenvalue weighted by atomic mass is 16.5. The van der Waals surface area contributed by atoms with Crippen molar-refractivity contribution in [1.29, 1.82) is 0 Å². The Morgan fingerprint density at radius 3 is 2.68 bits per heavy atom. The van der Waals surface area contributed by atoms with E-state index in [4.69, 9.17) is 10.3 Å². The predicted molar refractivity (Wildman–Crippen MR) is 108 cm³/mol. The molecule has 0 radical (unpaired) electrons. The molecule has 1 aromatic carbocycles. The Morgan fingerprint density at radius 2 is 1.96 bits per heavy atom. The second kappa shape index (κ2) is 8.08. The summed E-state index contributed by atoms with van der Waals surface area (Å²) in [4.78, 5) is 23.6. The van der Waals surface area contributed by atoms with Gasteiger partial charge in [-0.1, -0.05) is 24.4 Å². The van der Waals surface area contributed by atoms with Gasteiger partial charge >= 0.3 is 0 Å². The lowest BCUT2D eigenvalue weighted by molar-refractivity contribution is 0.430. The van der Waals surface area contributed by atoms with Crippen molar-refractivity contribution >= 4 is 17.2 Å². The summed E-state index contributed by atoms with van der Waals surface area (Å²) in [5.74, 6) is 0.604. The van der Waals surface area contributed by atoms with Gasteiger partial charge in [0.05, 0.1) is 11.4 Å². The maximum absolute atomic E-state index is 12.4. The molecule has 0 amide bonds. The molecule has 0 aliphatic heterocycles. The molecule has 1 aliphatic carbocycles. The van der Waals surface area contributed by atoms with Crippen molar-refractivity contribution in [3.05, 3.63) is 58.8 Å². The zero-order valence-electron chi connectivity index (χ0n) is 15.4. The Kier molecular flexibility index (Phi) is 5.18. The minimum absolute atomic E-state index is 0.172. The van der Waals surface area contributed by atoms with Crippen LogP contribution < -0.4 is 16.6 Å². The Bertz CT molecular complexity index is 1000. The molecule has 8 heteroatoms. The fourth-order valence-electron chi connectivity index (χ4n) is 3.49. The maximum atomic E-state index is 12.4. The summed E-state index contributed by atoms with van der Waals surface area (Å²) < 4.78 is 5.04. The van der Waals surface area contributed by atoms with Crippen LogP contribution in [-0.4, -0.2) is 27.0 Å². The van der Waals surface area contributed by atoms with Gasteiger partial charge in [-0.25, -0.2) is 4.99 Å². The minimum atomic E-state index is -0.260. The van der Waals surface area contributed by atoms with Gasteiger partial charge in [0.15, 0.2) is 6.33 Å². The first-order chi connectivity index (χ1) is 13.7. The zero-order chi connectivity index (χ0) is 19.3. The molecule has 1 aliphatic rings. The molecule has 2 aromatic heterocycles. The third-order valence-electron chi connectivity index (χ3n) is 4.91. The van der Waals surface area contributed by atoms with Crippen LogP contribution in [0.4, 0.5) is 11.4 Å². The van der Waals surface area contributed by atoms with E-state index >= 15 is 0 Å². The van der Waals surface area contributed by atoms with Crippen LogP contribution in [0.1, 0.15) is 37.7 Å². The molecule has 0 bridgehead atoms. The lowest BCUT2D eigenvalue weighted by Crippen LogP contribution is -2.29. The molecule has 144 valence electrons.